The molecule has 0 aliphatic heterocycles. The van der Waals surface area contributed by atoms with Crippen molar-refractivity contribution >= 4 is 11.7 Å². The summed E-state index contributed by atoms with van der Waals surface area (Å²) in [6.45, 7) is 0.597. The first kappa shape index (κ1) is 13.5. The Labute approximate surface area is 101 Å². The maximum Gasteiger partial charge on any atom is 0.310 e. The number of para-hydroxylation sites is 1. The number of rotatable bonds is 7. The highest BCUT2D eigenvalue weighted by Gasteiger charge is 2.06. The normalized spacial score (nSPS) is 10.2. The Bertz CT molecular complexity index is 352. The number of benzene rings is 1. The summed E-state index contributed by atoms with van der Waals surface area (Å²) in [6.07, 6.45) is 2.63. The van der Waals surface area contributed by atoms with E-state index in [1.807, 2.05) is 18.2 Å². The van der Waals surface area contributed by atoms with E-state index in [0.717, 1.165) is 24.8 Å². The van der Waals surface area contributed by atoms with Crippen LogP contribution in [0.15, 0.2) is 24.3 Å². The van der Waals surface area contributed by atoms with E-state index in [-0.39, 0.29) is 19.0 Å². The average molecular weight is 237 g/mol. The van der Waals surface area contributed by atoms with Crippen LogP contribution in [-0.2, 0) is 16.0 Å². The SMILES string of the molecule is Nc1ccccc1CC(=O)OCCCCCO. The Kier molecular flexibility index (Phi) is 6.10. The number of aliphatic hydroxyl groups is 1. The van der Waals surface area contributed by atoms with E-state index in [0.29, 0.717) is 12.3 Å². The van der Waals surface area contributed by atoms with Crippen LogP contribution in [0.2, 0.25) is 0 Å². The zero-order valence-corrected chi connectivity index (χ0v) is 9.89. The number of hydrogen-bond donors (Lipinski definition) is 2. The van der Waals surface area contributed by atoms with Crippen molar-refractivity contribution in [3.63, 3.8) is 0 Å². The molecule has 0 saturated heterocycles. The lowest BCUT2D eigenvalue weighted by molar-refractivity contribution is -0.142. The van der Waals surface area contributed by atoms with Gasteiger partial charge in [0.15, 0.2) is 0 Å². The predicted molar refractivity (Wildman–Crippen MR) is 66.5 cm³/mol. The molecule has 0 atom stereocenters. The standard InChI is InChI=1S/C13H19NO3/c14-12-7-3-2-6-11(12)10-13(16)17-9-5-1-4-8-15/h2-3,6-7,15H,1,4-5,8-10,14H2. The van der Waals surface area contributed by atoms with Crippen LogP contribution >= 0.6 is 0 Å². The molecule has 0 aliphatic carbocycles. The van der Waals surface area contributed by atoms with Gasteiger partial charge in [-0.25, -0.2) is 0 Å². The van der Waals surface area contributed by atoms with Crippen molar-refractivity contribution in [3.05, 3.63) is 29.8 Å². The van der Waals surface area contributed by atoms with Crippen LogP contribution < -0.4 is 5.73 Å². The van der Waals surface area contributed by atoms with Gasteiger partial charge in [0.2, 0.25) is 0 Å². The van der Waals surface area contributed by atoms with Crippen molar-refractivity contribution in [2.45, 2.75) is 25.7 Å². The van der Waals surface area contributed by atoms with Gasteiger partial charge < -0.3 is 15.6 Å². The zero-order valence-electron chi connectivity index (χ0n) is 9.89. The molecule has 4 nitrogen and oxygen atoms in total. The van der Waals surface area contributed by atoms with Crippen molar-refractivity contribution in [3.8, 4) is 0 Å². The van der Waals surface area contributed by atoms with E-state index in [2.05, 4.69) is 0 Å². The topological polar surface area (TPSA) is 72.6 Å². The second kappa shape index (κ2) is 7.68. The number of carbonyl (C=O) groups excluding carboxylic acids is 1. The Balaban J connectivity index is 2.23. The molecule has 94 valence electrons. The van der Waals surface area contributed by atoms with Gasteiger partial charge >= 0.3 is 5.97 Å². The fourth-order valence-electron chi connectivity index (χ4n) is 1.48. The van der Waals surface area contributed by atoms with Crippen LogP contribution in [0.1, 0.15) is 24.8 Å². The van der Waals surface area contributed by atoms with Crippen molar-refractivity contribution < 1.29 is 14.6 Å². The third-order valence-corrected chi connectivity index (χ3v) is 2.46. The molecule has 0 radical (unpaired) electrons. The molecule has 0 saturated carbocycles. The number of aliphatic hydroxyl groups excluding tert-OH is 1. The maximum atomic E-state index is 11.5. The number of ether oxygens (including phenoxy) is 1. The van der Waals surface area contributed by atoms with Gasteiger partial charge in [-0.05, 0) is 30.9 Å². The van der Waals surface area contributed by atoms with Crippen LogP contribution in [0.5, 0.6) is 0 Å². The number of esters is 1. The number of nitrogen functional groups attached to an aromatic ring is 1. The summed E-state index contributed by atoms with van der Waals surface area (Å²) in [7, 11) is 0. The van der Waals surface area contributed by atoms with Crippen LogP contribution in [0.25, 0.3) is 0 Å². The van der Waals surface area contributed by atoms with E-state index in [1.54, 1.807) is 6.07 Å². The third-order valence-electron chi connectivity index (χ3n) is 2.46. The fourth-order valence-corrected chi connectivity index (χ4v) is 1.48. The number of unbranched alkanes of at least 4 members (excludes halogenated alkanes) is 2. The van der Waals surface area contributed by atoms with Crippen LogP contribution in [0.3, 0.4) is 0 Å². The molecule has 17 heavy (non-hydrogen) atoms. The number of nitrogens with two attached hydrogens (primary N) is 1. The van der Waals surface area contributed by atoms with Gasteiger partial charge in [0.05, 0.1) is 13.0 Å². The Hall–Kier alpha value is -1.55. The van der Waals surface area contributed by atoms with E-state index in [4.69, 9.17) is 15.6 Å². The Morgan fingerprint density at radius 1 is 1.24 bits per heavy atom. The molecule has 0 amide bonds. The minimum atomic E-state index is -0.258. The lowest BCUT2D eigenvalue weighted by Gasteiger charge is -2.06. The first-order valence-electron chi connectivity index (χ1n) is 5.84. The molecule has 1 aromatic carbocycles. The summed E-state index contributed by atoms with van der Waals surface area (Å²) in [6, 6.07) is 7.27. The van der Waals surface area contributed by atoms with Gasteiger partial charge in [-0.2, -0.15) is 0 Å². The van der Waals surface area contributed by atoms with Gasteiger partial charge in [-0.15, -0.1) is 0 Å². The van der Waals surface area contributed by atoms with Crippen LogP contribution in [-0.4, -0.2) is 24.3 Å². The quantitative estimate of drug-likeness (QED) is 0.428. The zero-order chi connectivity index (χ0) is 12.5. The molecule has 0 aromatic heterocycles. The van der Waals surface area contributed by atoms with E-state index in [1.165, 1.54) is 0 Å². The van der Waals surface area contributed by atoms with Gasteiger partial charge in [-0.3, -0.25) is 4.79 Å². The van der Waals surface area contributed by atoms with E-state index < -0.39 is 0 Å². The Morgan fingerprint density at radius 2 is 2.00 bits per heavy atom. The van der Waals surface area contributed by atoms with Gasteiger partial charge in [0, 0.05) is 12.3 Å². The molecule has 0 heterocycles. The molecule has 1 aromatic rings. The lowest BCUT2D eigenvalue weighted by atomic mass is 10.1. The minimum Gasteiger partial charge on any atom is -0.465 e. The molecular formula is C13H19NO3. The van der Waals surface area contributed by atoms with Gasteiger partial charge in [-0.1, -0.05) is 18.2 Å². The smallest absolute Gasteiger partial charge is 0.310 e. The first-order chi connectivity index (χ1) is 8.24. The summed E-state index contributed by atoms with van der Waals surface area (Å²) in [5.74, 6) is -0.258. The summed E-state index contributed by atoms with van der Waals surface area (Å²) in [5, 5.41) is 8.58. The fraction of sp³-hybridized carbons (Fsp3) is 0.462. The van der Waals surface area contributed by atoms with Gasteiger partial charge in [0.1, 0.15) is 0 Å². The van der Waals surface area contributed by atoms with E-state index in [9.17, 15) is 4.79 Å². The second-order valence-corrected chi connectivity index (χ2v) is 3.88. The molecule has 1 rings (SSSR count). The second-order valence-electron chi connectivity index (χ2n) is 3.88. The number of hydrogen-bond acceptors (Lipinski definition) is 4. The summed E-state index contributed by atoms with van der Waals surface area (Å²) < 4.78 is 5.07. The molecule has 0 spiro atoms. The Morgan fingerprint density at radius 3 is 2.71 bits per heavy atom. The average Bonchev–Trinajstić information content (AvgIpc) is 2.32. The molecule has 4 heteroatoms. The molecule has 0 bridgehead atoms. The minimum absolute atomic E-state index is 0.189. The molecule has 0 aliphatic rings. The molecular weight excluding hydrogens is 218 g/mol. The van der Waals surface area contributed by atoms with Crippen LogP contribution in [0.4, 0.5) is 5.69 Å². The summed E-state index contributed by atoms with van der Waals surface area (Å²) in [4.78, 5) is 11.5. The molecule has 0 unspecified atom stereocenters. The number of anilines is 1. The summed E-state index contributed by atoms with van der Waals surface area (Å²) >= 11 is 0. The molecule has 3 N–H and O–H groups in total. The van der Waals surface area contributed by atoms with Crippen molar-refractivity contribution in [1.29, 1.82) is 0 Å². The number of carbonyl (C=O) groups is 1. The van der Waals surface area contributed by atoms with Crippen LogP contribution in [0, 0.1) is 0 Å². The highest BCUT2D eigenvalue weighted by Crippen LogP contribution is 2.11. The highest BCUT2D eigenvalue weighted by atomic mass is 16.5. The monoisotopic (exact) mass is 237 g/mol. The molecule has 0 fully saturated rings. The lowest BCUT2D eigenvalue weighted by Crippen LogP contribution is -2.10. The van der Waals surface area contributed by atoms with Crippen molar-refractivity contribution in [2.24, 2.45) is 0 Å². The predicted octanol–water partition coefficient (Wildman–Crippen LogP) is 1.52. The largest absolute Gasteiger partial charge is 0.465 e. The van der Waals surface area contributed by atoms with Crippen molar-refractivity contribution in [1.82, 2.24) is 0 Å². The van der Waals surface area contributed by atoms with E-state index >= 15 is 0 Å². The first-order valence-corrected chi connectivity index (χ1v) is 5.84. The highest BCUT2D eigenvalue weighted by molar-refractivity contribution is 5.74. The third kappa shape index (κ3) is 5.36. The van der Waals surface area contributed by atoms with Gasteiger partial charge in [0.25, 0.3) is 0 Å². The summed E-state index contributed by atoms with van der Waals surface area (Å²) in [5.41, 5.74) is 7.14. The maximum absolute atomic E-state index is 11.5. The van der Waals surface area contributed by atoms with Crippen molar-refractivity contribution in [2.75, 3.05) is 18.9 Å².